The number of benzene rings is 1. The number of hydrogen-bond donors (Lipinski definition) is 2. The van der Waals surface area contributed by atoms with E-state index in [2.05, 4.69) is 31.2 Å². The van der Waals surface area contributed by atoms with Gasteiger partial charge in [-0.1, -0.05) is 75.5 Å². The molecule has 0 heterocycles. The Morgan fingerprint density at radius 3 is 2.30 bits per heavy atom. The molecule has 1 rings (SSSR count). The van der Waals surface area contributed by atoms with Crippen molar-refractivity contribution in [2.75, 3.05) is 0 Å². The van der Waals surface area contributed by atoms with Gasteiger partial charge in [-0.2, -0.15) is 0 Å². The van der Waals surface area contributed by atoms with Crippen LogP contribution in [-0.2, 0) is 6.42 Å². The summed E-state index contributed by atoms with van der Waals surface area (Å²) < 4.78 is 0. The summed E-state index contributed by atoms with van der Waals surface area (Å²) in [6, 6.07) is 5.12. The van der Waals surface area contributed by atoms with Gasteiger partial charge < -0.3 is 10.2 Å². The van der Waals surface area contributed by atoms with Crippen LogP contribution in [-0.4, -0.2) is 10.2 Å². The monoisotopic (exact) mass is 316 g/mol. The Bertz CT molecular complexity index is 475. The first-order valence-corrected chi connectivity index (χ1v) is 9.05. The van der Waals surface area contributed by atoms with Crippen molar-refractivity contribution >= 4 is 0 Å². The summed E-state index contributed by atoms with van der Waals surface area (Å²) in [4.78, 5) is 0. The second-order valence-electron chi connectivity index (χ2n) is 6.06. The fourth-order valence-electron chi connectivity index (χ4n) is 2.57. The minimum absolute atomic E-state index is 0.0136. The summed E-state index contributed by atoms with van der Waals surface area (Å²) in [7, 11) is 0. The maximum atomic E-state index is 9.70. The summed E-state index contributed by atoms with van der Waals surface area (Å²) in [5.41, 5.74) is 0.799. The molecule has 0 aromatic heterocycles. The van der Waals surface area contributed by atoms with E-state index in [1.807, 2.05) is 6.07 Å². The molecule has 2 heteroatoms. The highest BCUT2D eigenvalue weighted by molar-refractivity contribution is 5.44. The van der Waals surface area contributed by atoms with Crippen molar-refractivity contribution in [1.82, 2.24) is 0 Å². The number of hydrogen-bond acceptors (Lipinski definition) is 2. The molecule has 0 radical (unpaired) electrons. The third-order valence-electron chi connectivity index (χ3n) is 4.01. The molecule has 128 valence electrons. The number of unbranched alkanes of at least 4 members (excludes halogenated alkanes) is 6. The third-order valence-corrected chi connectivity index (χ3v) is 4.01. The predicted octanol–water partition coefficient (Wildman–Crippen LogP) is 6.28. The quantitative estimate of drug-likeness (QED) is 0.270. The van der Waals surface area contributed by atoms with Crippen molar-refractivity contribution < 1.29 is 10.2 Å². The maximum Gasteiger partial charge on any atom is 0.160 e. The van der Waals surface area contributed by atoms with Gasteiger partial charge in [-0.25, -0.2) is 0 Å². The number of aromatic hydroxyl groups is 2. The summed E-state index contributed by atoms with van der Waals surface area (Å²) in [6.45, 7) is 2.25. The van der Waals surface area contributed by atoms with Crippen LogP contribution in [0.2, 0.25) is 0 Å². The maximum absolute atomic E-state index is 9.70. The van der Waals surface area contributed by atoms with Crippen molar-refractivity contribution in [2.45, 2.75) is 71.1 Å². The molecule has 0 amide bonds. The van der Waals surface area contributed by atoms with E-state index in [0.29, 0.717) is 0 Å². The highest BCUT2D eigenvalue weighted by Gasteiger charge is 2.03. The van der Waals surface area contributed by atoms with E-state index in [9.17, 15) is 10.2 Å². The Labute approximate surface area is 141 Å². The van der Waals surface area contributed by atoms with Crippen LogP contribution in [0.15, 0.2) is 42.5 Å². The average molecular weight is 316 g/mol. The van der Waals surface area contributed by atoms with Crippen molar-refractivity contribution in [3.63, 3.8) is 0 Å². The zero-order valence-corrected chi connectivity index (χ0v) is 14.5. The van der Waals surface area contributed by atoms with E-state index in [1.54, 1.807) is 6.07 Å². The average Bonchev–Trinajstić information content (AvgIpc) is 2.55. The van der Waals surface area contributed by atoms with E-state index in [-0.39, 0.29) is 11.5 Å². The number of rotatable bonds is 12. The highest BCUT2D eigenvalue weighted by Crippen LogP contribution is 2.28. The lowest BCUT2D eigenvalue weighted by atomic mass is 10.1. The van der Waals surface area contributed by atoms with Gasteiger partial charge in [0.15, 0.2) is 11.5 Å². The highest BCUT2D eigenvalue weighted by atomic mass is 16.3. The van der Waals surface area contributed by atoms with Gasteiger partial charge in [0.25, 0.3) is 0 Å². The zero-order chi connectivity index (χ0) is 16.8. The molecule has 2 nitrogen and oxygen atoms in total. The van der Waals surface area contributed by atoms with E-state index >= 15 is 0 Å². The van der Waals surface area contributed by atoms with Crippen LogP contribution < -0.4 is 0 Å². The Morgan fingerprint density at radius 2 is 1.52 bits per heavy atom. The smallest absolute Gasteiger partial charge is 0.160 e. The molecule has 0 aliphatic heterocycles. The predicted molar refractivity (Wildman–Crippen MR) is 99.0 cm³/mol. The van der Waals surface area contributed by atoms with Gasteiger partial charge >= 0.3 is 0 Å². The van der Waals surface area contributed by atoms with Crippen LogP contribution in [0.4, 0.5) is 0 Å². The Morgan fingerprint density at radius 1 is 0.826 bits per heavy atom. The van der Waals surface area contributed by atoms with Crippen LogP contribution in [0.3, 0.4) is 0 Å². The lowest BCUT2D eigenvalue weighted by Gasteiger charge is -2.03. The van der Waals surface area contributed by atoms with Gasteiger partial charge in [0.2, 0.25) is 0 Å². The molecule has 0 saturated heterocycles. The Hall–Kier alpha value is -1.70. The molecular weight excluding hydrogens is 284 g/mol. The molecule has 0 aliphatic rings. The van der Waals surface area contributed by atoms with E-state index < -0.39 is 0 Å². The molecule has 1 aromatic rings. The minimum atomic E-state index is -0.0379. The molecule has 1 aromatic carbocycles. The van der Waals surface area contributed by atoms with E-state index in [4.69, 9.17) is 0 Å². The first-order valence-electron chi connectivity index (χ1n) is 9.05. The zero-order valence-electron chi connectivity index (χ0n) is 14.5. The van der Waals surface area contributed by atoms with Crippen LogP contribution in [0.1, 0.15) is 70.3 Å². The number of phenols is 2. The summed E-state index contributed by atoms with van der Waals surface area (Å²) in [5, 5.41) is 19.1. The normalized spacial score (nSPS) is 11.7. The number of allylic oxidation sites excluding steroid dienone is 4. The van der Waals surface area contributed by atoms with E-state index in [1.165, 1.54) is 51.0 Å². The van der Waals surface area contributed by atoms with Crippen LogP contribution in [0.25, 0.3) is 0 Å². The molecule has 0 fully saturated rings. The molecular formula is C21H32O2. The molecule has 0 spiro atoms. The van der Waals surface area contributed by atoms with Gasteiger partial charge in [0.05, 0.1) is 0 Å². The second-order valence-corrected chi connectivity index (χ2v) is 6.06. The fourth-order valence-corrected chi connectivity index (χ4v) is 2.57. The van der Waals surface area contributed by atoms with Gasteiger partial charge in [0, 0.05) is 0 Å². The van der Waals surface area contributed by atoms with Crippen molar-refractivity contribution in [1.29, 1.82) is 0 Å². The standard InChI is InChI=1S/C21H32O2/c1-2-3-4-5-6-7-8-9-10-11-12-13-14-16-19-17-15-18-20(22)21(19)23/h9-10,12-13,15,17-18,22-23H,2-8,11,14,16H2,1H3/b10-9-,13-12+. The lowest BCUT2D eigenvalue weighted by Crippen LogP contribution is -1.84. The van der Waals surface area contributed by atoms with Gasteiger partial charge in [-0.15, -0.1) is 0 Å². The Balaban J connectivity index is 2.04. The number of phenolic OH excluding ortho intramolecular Hbond substituents is 2. The molecule has 2 N–H and O–H groups in total. The minimum Gasteiger partial charge on any atom is -0.504 e. The molecule has 0 unspecified atom stereocenters. The third kappa shape index (κ3) is 9.12. The largest absolute Gasteiger partial charge is 0.504 e. The summed E-state index contributed by atoms with van der Waals surface area (Å²) in [5.74, 6) is -0.0242. The first kappa shape index (κ1) is 19.3. The fraction of sp³-hybridized carbons (Fsp3) is 0.524. The second kappa shape index (κ2) is 12.8. The SMILES string of the molecule is CCCCCCCC/C=C\C/C=C/CCc1cccc(O)c1O. The van der Waals surface area contributed by atoms with Crippen LogP contribution in [0, 0.1) is 0 Å². The van der Waals surface area contributed by atoms with Crippen molar-refractivity contribution in [3.05, 3.63) is 48.1 Å². The van der Waals surface area contributed by atoms with Crippen LogP contribution >= 0.6 is 0 Å². The topological polar surface area (TPSA) is 40.5 Å². The van der Waals surface area contributed by atoms with Gasteiger partial charge in [-0.3, -0.25) is 0 Å². The molecule has 0 aliphatic carbocycles. The molecule has 0 saturated carbocycles. The summed E-state index contributed by atoms with van der Waals surface area (Å²) >= 11 is 0. The first-order chi connectivity index (χ1) is 11.3. The lowest BCUT2D eigenvalue weighted by molar-refractivity contribution is 0.399. The number of aryl methyl sites for hydroxylation is 1. The number of para-hydroxylation sites is 1. The molecule has 23 heavy (non-hydrogen) atoms. The van der Waals surface area contributed by atoms with Gasteiger partial charge in [-0.05, 0) is 43.7 Å². The Kier molecular flexibility index (Phi) is 10.8. The van der Waals surface area contributed by atoms with Gasteiger partial charge in [0.1, 0.15) is 0 Å². The van der Waals surface area contributed by atoms with E-state index in [0.717, 1.165) is 24.8 Å². The van der Waals surface area contributed by atoms with Crippen molar-refractivity contribution in [2.24, 2.45) is 0 Å². The molecule has 0 atom stereocenters. The summed E-state index contributed by atoms with van der Waals surface area (Å²) in [6.07, 6.45) is 20.7. The van der Waals surface area contributed by atoms with Crippen LogP contribution in [0.5, 0.6) is 11.5 Å². The van der Waals surface area contributed by atoms with Crippen molar-refractivity contribution in [3.8, 4) is 11.5 Å². The molecule has 0 bridgehead atoms.